The van der Waals surface area contributed by atoms with Gasteiger partial charge in [0.15, 0.2) is 0 Å². The van der Waals surface area contributed by atoms with Gasteiger partial charge in [-0.25, -0.2) is 9.78 Å². The number of carbonyl (C=O) groups excluding carboxylic acids is 4. The molecule has 4 aliphatic heterocycles. The lowest BCUT2D eigenvalue weighted by molar-refractivity contribution is -0.144. The van der Waals surface area contributed by atoms with E-state index in [-0.39, 0.29) is 75.4 Å². The molecule has 5 N–H and O–H groups in total. The number of aryl methyl sites for hydroxylation is 1. The van der Waals surface area contributed by atoms with Crippen molar-refractivity contribution >= 4 is 57.4 Å². The molecule has 0 aliphatic carbocycles. The Labute approximate surface area is 477 Å². The standard InChI is InChI=1S/C59H76N12O9S/c1-37(39-14-16-41(17-15-39)52-38(2)62-36-81-52)63-55(74)50-29-44(72)31-71(50)56(75)53(59(3,4)5)65-51(73)35-78-25-24-77-26-27-79-45-28-43(67(6)32-45)34-80-58-64-48-33-68(49-13-9-11-40-10-7-8-12-46(40)49)21-19-47(48)54(66-58)69-22-23-70(57(61)76)42(30-69)18-20-60/h7-17,36-37,42-45,50,53,72H,18-19,21-35H2,1-6H3,(H2,61,76)(H,63,74)(H,65,73)/t37-,42-,43-,44+,45+,50-,53+/m0/s1. The van der Waals surface area contributed by atoms with Crippen LogP contribution in [0.1, 0.15) is 75.5 Å². The molecule has 2 aromatic heterocycles. The van der Waals surface area contributed by atoms with E-state index in [0.29, 0.717) is 59.0 Å². The van der Waals surface area contributed by atoms with Gasteiger partial charge in [-0.05, 0) is 61.7 Å². The number of fused-ring (bicyclic) bond motifs is 2. The average molecular weight is 1130 g/mol. The maximum atomic E-state index is 14.2. The predicted molar refractivity (Wildman–Crippen MR) is 308 cm³/mol. The predicted octanol–water partition coefficient (Wildman–Crippen LogP) is 4.98. The second-order valence-corrected chi connectivity index (χ2v) is 23.5. The van der Waals surface area contributed by atoms with E-state index in [2.05, 4.69) is 72.8 Å². The largest absolute Gasteiger partial charge is 0.462 e. The third kappa shape index (κ3) is 14.2. The second kappa shape index (κ2) is 26.3. The highest BCUT2D eigenvalue weighted by Gasteiger charge is 2.45. The highest BCUT2D eigenvalue weighted by atomic mass is 32.1. The zero-order valence-corrected chi connectivity index (χ0v) is 48.0. The van der Waals surface area contributed by atoms with E-state index in [9.17, 15) is 29.5 Å². The molecule has 0 saturated carbocycles. The Kier molecular flexibility index (Phi) is 19.0. The number of aromatic nitrogens is 3. The molecule has 5 aromatic rings. The van der Waals surface area contributed by atoms with Gasteiger partial charge < -0.3 is 60.0 Å². The number of nitrogens with one attached hydrogen (secondary N) is 2. The number of rotatable bonds is 21. The molecule has 5 amide bonds. The van der Waals surface area contributed by atoms with Crippen molar-refractivity contribution in [3.8, 4) is 22.5 Å². The first-order valence-corrected chi connectivity index (χ1v) is 28.8. The smallest absolute Gasteiger partial charge is 0.318 e. The second-order valence-electron chi connectivity index (χ2n) is 22.6. The van der Waals surface area contributed by atoms with Gasteiger partial charge in [0, 0.05) is 68.4 Å². The molecule has 21 nitrogen and oxygen atoms in total. The molecule has 4 aliphatic rings. The number of piperazine rings is 1. The lowest BCUT2D eigenvalue weighted by atomic mass is 9.85. The number of β-amino-alcohol motifs (C(OH)–C–C–N with tert-alkyl or cyclic N) is 1. The lowest BCUT2D eigenvalue weighted by Gasteiger charge is -2.41. The first-order chi connectivity index (χ1) is 38.9. The van der Waals surface area contributed by atoms with E-state index in [0.717, 1.165) is 57.4 Å². The summed E-state index contributed by atoms with van der Waals surface area (Å²) in [5, 5.41) is 28.5. The van der Waals surface area contributed by atoms with Crippen LogP contribution in [0.4, 0.5) is 16.3 Å². The molecule has 3 aromatic carbocycles. The molecular weight excluding hydrogens is 1050 g/mol. The SMILES string of the molecule is Cc1ncsc1-c1ccc([C@H](C)NC(=O)[C@@H]2C[C@@H](O)CN2C(=O)[C@@H](NC(=O)COCCOCCO[C@@H]2C[C@@H](COc3nc4c(c(N5CCN(C(N)=O)[C@@H](CC#N)C5)n3)CCN(c3cccc5ccccc35)C4)N(C)C2)C(C)(C)C)cc1. The van der Waals surface area contributed by atoms with Crippen molar-refractivity contribution < 1.29 is 43.2 Å². The highest BCUT2D eigenvalue weighted by Crippen LogP contribution is 2.36. The number of aliphatic hydroxyl groups excluding tert-OH is 1. The molecule has 81 heavy (non-hydrogen) atoms. The summed E-state index contributed by atoms with van der Waals surface area (Å²) < 4.78 is 24.1. The number of carbonyl (C=O) groups is 4. The number of amides is 5. The number of hydrogen-bond acceptors (Lipinski definition) is 17. The fourth-order valence-electron chi connectivity index (χ4n) is 11.4. The Balaban J connectivity index is 0.716. The Morgan fingerprint density at radius 2 is 1.65 bits per heavy atom. The zero-order valence-electron chi connectivity index (χ0n) is 47.2. The van der Waals surface area contributed by atoms with Crippen LogP contribution in [-0.4, -0.2) is 181 Å². The van der Waals surface area contributed by atoms with Crippen molar-refractivity contribution in [2.45, 2.75) is 109 Å². The number of likely N-dealkylation sites (tertiary alicyclic amines) is 2. The number of urea groups is 1. The third-order valence-corrected chi connectivity index (χ3v) is 16.8. The van der Waals surface area contributed by atoms with Crippen LogP contribution >= 0.6 is 11.3 Å². The fourth-order valence-corrected chi connectivity index (χ4v) is 12.2. The minimum absolute atomic E-state index is 0.0314. The summed E-state index contributed by atoms with van der Waals surface area (Å²) in [5.41, 5.74) is 12.8. The number of benzene rings is 3. The van der Waals surface area contributed by atoms with Gasteiger partial charge in [0.05, 0.1) is 91.5 Å². The number of primary amides is 1. The molecule has 7 atom stereocenters. The van der Waals surface area contributed by atoms with Crippen molar-refractivity contribution in [2.75, 3.05) is 95.8 Å². The third-order valence-electron chi connectivity index (χ3n) is 15.8. The van der Waals surface area contributed by atoms with Crippen LogP contribution in [0.3, 0.4) is 0 Å². The molecule has 3 fully saturated rings. The van der Waals surface area contributed by atoms with Crippen molar-refractivity contribution in [1.82, 2.24) is 40.3 Å². The summed E-state index contributed by atoms with van der Waals surface area (Å²) in [4.78, 5) is 78.6. The molecule has 9 rings (SSSR count). The Morgan fingerprint density at radius 1 is 0.889 bits per heavy atom. The van der Waals surface area contributed by atoms with E-state index in [1.807, 2.05) is 77.5 Å². The summed E-state index contributed by atoms with van der Waals surface area (Å²) >= 11 is 1.57. The quantitative estimate of drug-likeness (QED) is 0.0707. The van der Waals surface area contributed by atoms with Gasteiger partial charge >= 0.3 is 12.0 Å². The van der Waals surface area contributed by atoms with E-state index >= 15 is 0 Å². The van der Waals surface area contributed by atoms with E-state index in [4.69, 9.17) is 34.6 Å². The number of nitrogens with two attached hydrogens (primary N) is 1. The topological polar surface area (TPSA) is 254 Å². The van der Waals surface area contributed by atoms with Gasteiger partial charge in [-0.3, -0.25) is 19.3 Å². The number of anilines is 2. The van der Waals surface area contributed by atoms with Crippen LogP contribution in [0.2, 0.25) is 0 Å². The Bertz CT molecular complexity index is 3050. The molecule has 432 valence electrons. The van der Waals surface area contributed by atoms with Crippen LogP contribution in [-0.2, 0) is 41.6 Å². The van der Waals surface area contributed by atoms with Gasteiger partial charge in [-0.2, -0.15) is 15.2 Å². The first-order valence-electron chi connectivity index (χ1n) is 27.9. The molecular formula is C59H76N12O9S. The molecule has 3 saturated heterocycles. The lowest BCUT2D eigenvalue weighted by Crippen LogP contribution is -2.58. The number of nitrogens with zero attached hydrogens (tertiary/aromatic N) is 9. The zero-order chi connectivity index (χ0) is 57.4. The average Bonchev–Trinajstić information content (AvgIpc) is 4.32. The summed E-state index contributed by atoms with van der Waals surface area (Å²) in [7, 11) is 2.04. The van der Waals surface area contributed by atoms with Gasteiger partial charge in [0.2, 0.25) is 17.7 Å². The van der Waals surface area contributed by atoms with E-state index in [1.165, 1.54) is 15.7 Å². The van der Waals surface area contributed by atoms with Crippen molar-refractivity contribution in [3.63, 3.8) is 0 Å². The maximum absolute atomic E-state index is 14.2. The van der Waals surface area contributed by atoms with Crippen molar-refractivity contribution in [1.29, 1.82) is 5.26 Å². The Morgan fingerprint density at radius 3 is 2.41 bits per heavy atom. The number of nitriles is 1. The van der Waals surface area contributed by atoms with Gasteiger partial charge in [-0.15, -0.1) is 11.3 Å². The van der Waals surface area contributed by atoms with Crippen LogP contribution in [0.15, 0.2) is 72.2 Å². The van der Waals surface area contributed by atoms with Gasteiger partial charge in [-0.1, -0.05) is 81.4 Å². The molecule has 0 bridgehead atoms. The summed E-state index contributed by atoms with van der Waals surface area (Å²) in [6.45, 7) is 13.7. The molecule has 6 heterocycles. The summed E-state index contributed by atoms with van der Waals surface area (Å²) in [6, 6.07) is 22.0. The normalized spacial score (nSPS) is 21.1. The number of thiazole rings is 1. The first kappa shape index (κ1) is 58.6. The monoisotopic (exact) mass is 1130 g/mol. The number of hydrogen-bond donors (Lipinski definition) is 4. The van der Waals surface area contributed by atoms with Crippen LogP contribution in [0, 0.1) is 23.7 Å². The molecule has 22 heteroatoms. The number of aliphatic hydroxyl groups is 1. The van der Waals surface area contributed by atoms with E-state index < -0.39 is 41.4 Å². The van der Waals surface area contributed by atoms with Crippen LogP contribution in [0.25, 0.3) is 21.2 Å². The molecule has 0 spiro atoms. The van der Waals surface area contributed by atoms with Gasteiger partial charge in [0.25, 0.3) is 0 Å². The highest BCUT2D eigenvalue weighted by molar-refractivity contribution is 7.13. The van der Waals surface area contributed by atoms with Gasteiger partial charge in [0.1, 0.15) is 31.1 Å². The van der Waals surface area contributed by atoms with Crippen LogP contribution in [0.5, 0.6) is 6.01 Å². The van der Waals surface area contributed by atoms with Crippen molar-refractivity contribution in [3.05, 3.63) is 94.8 Å². The number of ether oxygens (including phenoxy) is 4. The van der Waals surface area contributed by atoms with Crippen molar-refractivity contribution in [2.24, 2.45) is 11.1 Å². The summed E-state index contributed by atoms with van der Waals surface area (Å²) in [5.74, 6) is -0.562. The Hall–Kier alpha value is -7.00. The number of likely N-dealkylation sites (N-methyl/N-ethyl adjacent to an activating group) is 1. The van der Waals surface area contributed by atoms with Crippen LogP contribution < -0.4 is 30.9 Å². The minimum atomic E-state index is -0.991. The fraction of sp³-hybridized carbons (Fsp3) is 0.525. The molecule has 0 unspecified atom stereocenters. The molecule has 0 radical (unpaired) electrons. The summed E-state index contributed by atoms with van der Waals surface area (Å²) in [6.07, 6.45) is 0.709. The minimum Gasteiger partial charge on any atom is -0.462 e. The van der Waals surface area contributed by atoms with E-state index in [1.54, 1.807) is 16.2 Å². The maximum Gasteiger partial charge on any atom is 0.318 e.